The summed E-state index contributed by atoms with van der Waals surface area (Å²) in [5.74, 6) is 0. The maximum Gasteiger partial charge on any atom is 1.00 e. The highest BCUT2D eigenvalue weighted by Crippen LogP contribution is 2.27. The highest BCUT2D eigenvalue weighted by molar-refractivity contribution is 7.90. The molecule has 4 heterocycles. The predicted molar refractivity (Wildman–Crippen MR) is 110 cm³/mol. The smallest absolute Gasteiger partial charge is 1.00 e. The summed E-state index contributed by atoms with van der Waals surface area (Å²) >= 11 is 7.53. The van der Waals surface area contributed by atoms with Crippen molar-refractivity contribution in [2.75, 3.05) is 0 Å². The molecule has 1 aromatic carbocycles. The number of thiophene rings is 1. The molecule has 0 atom stereocenters. The van der Waals surface area contributed by atoms with Crippen LogP contribution in [-0.2, 0) is 10.0 Å². The summed E-state index contributed by atoms with van der Waals surface area (Å²) in [6, 6.07) is 9.84. The number of hydrogen-bond acceptors (Lipinski definition) is 6. The Morgan fingerprint density at radius 2 is 1.79 bits per heavy atom. The second-order valence-corrected chi connectivity index (χ2v) is 9.33. The van der Waals surface area contributed by atoms with Gasteiger partial charge >= 0.3 is 1.43 Å². The Balaban J connectivity index is 0.00000128. The summed E-state index contributed by atoms with van der Waals surface area (Å²) in [5, 5.41) is 2.05. The molecule has 0 aliphatic rings. The molecular weight excluding hydrogens is 455 g/mol. The quantitative estimate of drug-likeness (QED) is 0.355. The number of nitrogens with zero attached hydrogens (tertiary/aromatic N) is 4. The van der Waals surface area contributed by atoms with E-state index >= 15 is 0 Å². The zero-order valence-corrected chi connectivity index (χ0v) is 17.8. The molecule has 0 saturated carbocycles. The molecule has 29 heavy (non-hydrogen) atoms. The van der Waals surface area contributed by atoms with Gasteiger partial charge in [-0.1, -0.05) is 17.7 Å². The highest BCUT2D eigenvalue weighted by atomic mass is 35.5. The van der Waals surface area contributed by atoms with Gasteiger partial charge in [0.1, 0.15) is 4.70 Å². The van der Waals surface area contributed by atoms with Gasteiger partial charge in [-0.2, -0.15) is 4.98 Å². The van der Waals surface area contributed by atoms with Crippen LogP contribution in [0, 0.1) is 6.92 Å². The largest absolute Gasteiger partial charge is 1.00 e. The van der Waals surface area contributed by atoms with Crippen LogP contribution in [0.2, 0.25) is 5.28 Å². The van der Waals surface area contributed by atoms with Crippen molar-refractivity contribution < 1.29 is 22.3 Å². The molecule has 0 amide bonds. The number of fused-ring (bicyclic) bond motifs is 4. The predicted octanol–water partition coefficient (Wildman–Crippen LogP) is 0.574. The van der Waals surface area contributed by atoms with E-state index in [0.717, 1.165) is 9.54 Å². The molecule has 4 aromatic heterocycles. The Bertz CT molecular complexity index is 1570. The first-order valence-electron chi connectivity index (χ1n) is 8.17. The van der Waals surface area contributed by atoms with Crippen LogP contribution in [0.4, 0.5) is 0 Å². The average Bonchev–Trinajstić information content (AvgIpc) is 3.29. The SMILES string of the molecule is Cc1ccc(S(=O)(=O)n2ccc3c2nc(Cl)n2c(=O)c4sccc4nc32)cc1.[Cl-].[H+]. The first kappa shape index (κ1) is 19.8. The number of benzene rings is 1. The van der Waals surface area contributed by atoms with Gasteiger partial charge in [-0.25, -0.2) is 21.8 Å². The number of rotatable bonds is 2. The van der Waals surface area contributed by atoms with Crippen LogP contribution in [0.25, 0.3) is 26.9 Å². The lowest BCUT2D eigenvalue weighted by atomic mass is 10.2. The molecule has 0 aliphatic carbocycles. The molecule has 0 bridgehead atoms. The standard InChI is InChI=1S/C18H11ClN4O3S2.ClH/c1-10-2-4-11(5-3-10)28(25,26)22-8-6-12-15(22)21-18(19)23-16(12)20-13-7-9-27-14(13)17(23)24;/h2-9H,1H3;1H. The van der Waals surface area contributed by atoms with Crippen LogP contribution in [0.5, 0.6) is 0 Å². The summed E-state index contributed by atoms with van der Waals surface area (Å²) in [4.78, 5) is 21.6. The molecule has 0 fully saturated rings. The van der Waals surface area contributed by atoms with Gasteiger partial charge in [0.2, 0.25) is 5.28 Å². The van der Waals surface area contributed by atoms with E-state index in [0.29, 0.717) is 15.6 Å². The van der Waals surface area contributed by atoms with E-state index in [1.54, 1.807) is 29.6 Å². The van der Waals surface area contributed by atoms with Crippen molar-refractivity contribution in [1.82, 2.24) is 18.3 Å². The van der Waals surface area contributed by atoms with Gasteiger partial charge < -0.3 is 12.4 Å². The van der Waals surface area contributed by atoms with Crippen molar-refractivity contribution in [3.8, 4) is 0 Å². The van der Waals surface area contributed by atoms with E-state index in [1.807, 2.05) is 6.92 Å². The van der Waals surface area contributed by atoms with Crippen LogP contribution >= 0.6 is 22.9 Å². The zero-order valence-electron chi connectivity index (χ0n) is 15.7. The molecule has 11 heteroatoms. The van der Waals surface area contributed by atoms with Crippen molar-refractivity contribution in [2.45, 2.75) is 11.8 Å². The Morgan fingerprint density at radius 3 is 2.52 bits per heavy atom. The molecule has 0 aliphatic heterocycles. The molecule has 0 saturated heterocycles. The fourth-order valence-electron chi connectivity index (χ4n) is 3.11. The van der Waals surface area contributed by atoms with Crippen molar-refractivity contribution in [3.63, 3.8) is 0 Å². The van der Waals surface area contributed by atoms with Crippen LogP contribution in [0.3, 0.4) is 0 Å². The van der Waals surface area contributed by atoms with E-state index in [1.165, 1.54) is 34.1 Å². The molecule has 7 nitrogen and oxygen atoms in total. The van der Waals surface area contributed by atoms with Crippen molar-refractivity contribution >= 4 is 59.9 Å². The van der Waals surface area contributed by atoms with Crippen LogP contribution in [0.1, 0.15) is 6.99 Å². The van der Waals surface area contributed by atoms with Gasteiger partial charge in [-0.15, -0.1) is 11.3 Å². The molecule has 0 spiro atoms. The van der Waals surface area contributed by atoms with Gasteiger partial charge in [-0.3, -0.25) is 4.79 Å². The lowest BCUT2D eigenvalue weighted by Gasteiger charge is -2.09. The number of hydrogen-bond donors (Lipinski definition) is 0. The lowest BCUT2D eigenvalue weighted by molar-refractivity contribution is -0.00000811. The summed E-state index contributed by atoms with van der Waals surface area (Å²) in [5.41, 5.74) is 1.54. The molecule has 5 aromatic rings. The summed E-state index contributed by atoms with van der Waals surface area (Å²) in [6.45, 7) is 1.88. The first-order valence-corrected chi connectivity index (χ1v) is 10.9. The second-order valence-electron chi connectivity index (χ2n) is 6.26. The minimum absolute atomic E-state index is 0. The Morgan fingerprint density at radius 1 is 1.07 bits per heavy atom. The van der Waals surface area contributed by atoms with Gasteiger partial charge in [0, 0.05) is 6.20 Å². The molecular formula is C18H12Cl2N4O3S2. The normalized spacial score (nSPS) is 11.9. The summed E-state index contributed by atoms with van der Waals surface area (Å²) in [7, 11) is -3.88. The van der Waals surface area contributed by atoms with E-state index in [2.05, 4.69) is 9.97 Å². The minimum Gasteiger partial charge on any atom is -1.00 e. The maximum absolute atomic E-state index is 13.1. The number of aromatic nitrogens is 4. The van der Waals surface area contributed by atoms with E-state index < -0.39 is 10.0 Å². The highest BCUT2D eigenvalue weighted by Gasteiger charge is 2.23. The van der Waals surface area contributed by atoms with E-state index in [-0.39, 0.29) is 40.9 Å². The zero-order chi connectivity index (χ0) is 19.6. The third kappa shape index (κ3) is 2.84. The lowest BCUT2D eigenvalue weighted by Crippen LogP contribution is -3.00. The van der Waals surface area contributed by atoms with Crippen LogP contribution in [-0.4, -0.2) is 26.8 Å². The third-order valence-electron chi connectivity index (χ3n) is 4.51. The van der Waals surface area contributed by atoms with E-state index in [9.17, 15) is 13.2 Å². The molecule has 0 radical (unpaired) electrons. The second kappa shape index (κ2) is 6.81. The fraction of sp³-hybridized carbons (Fsp3) is 0.0556. The third-order valence-corrected chi connectivity index (χ3v) is 7.33. The molecule has 148 valence electrons. The summed E-state index contributed by atoms with van der Waals surface area (Å²) < 4.78 is 28.9. The maximum atomic E-state index is 13.1. The molecule has 0 N–H and O–H groups in total. The van der Waals surface area contributed by atoms with Gasteiger partial charge in [0.25, 0.3) is 15.6 Å². The van der Waals surface area contributed by atoms with Gasteiger partial charge in [0.05, 0.1) is 15.8 Å². The van der Waals surface area contributed by atoms with Gasteiger partial charge in [0.15, 0.2) is 11.3 Å². The molecule has 0 unspecified atom stereocenters. The molecule has 5 rings (SSSR count). The van der Waals surface area contributed by atoms with Crippen molar-refractivity contribution in [3.05, 3.63) is 69.2 Å². The van der Waals surface area contributed by atoms with E-state index in [4.69, 9.17) is 11.6 Å². The Kier molecular flexibility index (Phi) is 4.66. The van der Waals surface area contributed by atoms with Gasteiger partial charge in [-0.05, 0) is 48.2 Å². The Labute approximate surface area is 181 Å². The van der Waals surface area contributed by atoms with Crippen molar-refractivity contribution in [1.29, 1.82) is 0 Å². The van der Waals surface area contributed by atoms with Crippen LogP contribution < -0.4 is 18.0 Å². The first-order chi connectivity index (χ1) is 13.4. The topological polar surface area (TPSA) is 86.3 Å². The van der Waals surface area contributed by atoms with Crippen molar-refractivity contribution in [2.24, 2.45) is 0 Å². The van der Waals surface area contributed by atoms with Crippen LogP contribution in [0.15, 0.2) is 57.7 Å². The fourth-order valence-corrected chi connectivity index (χ4v) is 5.40. The average molecular weight is 467 g/mol. The number of halogens is 2. The minimum atomic E-state index is -3.88. The Hall–Kier alpha value is -2.46. The monoisotopic (exact) mass is 466 g/mol. The summed E-state index contributed by atoms with van der Waals surface area (Å²) in [6.07, 6.45) is 1.40. The number of aryl methyl sites for hydroxylation is 1.